The molecule has 25 heavy (non-hydrogen) atoms. The molecule has 1 unspecified atom stereocenters. The largest absolute Gasteiger partial charge is 0.493 e. The predicted octanol–water partition coefficient (Wildman–Crippen LogP) is 2.18. The highest BCUT2D eigenvalue weighted by atomic mass is 19.4. The van der Waals surface area contributed by atoms with Crippen LogP contribution in [-0.4, -0.2) is 62.2 Å². The maximum Gasteiger partial charge on any atom is 0.422 e. The number of methoxy groups -OCH3 is 1. The van der Waals surface area contributed by atoms with Crippen LogP contribution >= 0.6 is 0 Å². The van der Waals surface area contributed by atoms with Crippen LogP contribution in [0.2, 0.25) is 0 Å². The predicted molar refractivity (Wildman–Crippen MR) is 87.9 cm³/mol. The van der Waals surface area contributed by atoms with Gasteiger partial charge in [-0.3, -0.25) is 0 Å². The van der Waals surface area contributed by atoms with E-state index in [1.807, 2.05) is 0 Å². The quantitative estimate of drug-likeness (QED) is 0.705. The van der Waals surface area contributed by atoms with E-state index in [2.05, 4.69) is 10.2 Å². The molecule has 1 aliphatic rings. The summed E-state index contributed by atoms with van der Waals surface area (Å²) in [5, 5.41) is 13.2. The van der Waals surface area contributed by atoms with Crippen molar-refractivity contribution in [3.63, 3.8) is 0 Å². The Balaban J connectivity index is 1.79. The van der Waals surface area contributed by atoms with Gasteiger partial charge in [-0.2, -0.15) is 13.2 Å². The third-order valence-corrected chi connectivity index (χ3v) is 4.00. The fourth-order valence-corrected chi connectivity index (χ4v) is 2.81. The molecular formula is C17H25F3N2O3. The number of rotatable bonds is 9. The summed E-state index contributed by atoms with van der Waals surface area (Å²) in [6, 6.07) is 4.77. The average Bonchev–Trinajstić information content (AvgIpc) is 3.05. The van der Waals surface area contributed by atoms with Gasteiger partial charge in [-0.1, -0.05) is 6.07 Å². The molecule has 1 aromatic rings. The second-order valence-corrected chi connectivity index (χ2v) is 6.18. The van der Waals surface area contributed by atoms with Crippen molar-refractivity contribution >= 4 is 0 Å². The highest BCUT2D eigenvalue weighted by Gasteiger charge is 2.29. The number of hydrogen-bond donors (Lipinski definition) is 2. The molecule has 1 aromatic carbocycles. The number of β-amino-alcohol motifs (C(OH)–C–C–N with tert-alkyl or cyclic N) is 1. The number of aliphatic hydroxyl groups is 1. The van der Waals surface area contributed by atoms with E-state index in [1.54, 1.807) is 12.1 Å². The van der Waals surface area contributed by atoms with Crippen LogP contribution in [0.15, 0.2) is 18.2 Å². The fourth-order valence-electron chi connectivity index (χ4n) is 2.81. The van der Waals surface area contributed by atoms with Crippen LogP contribution in [0, 0.1) is 0 Å². The molecule has 2 N–H and O–H groups in total. The molecule has 0 saturated carbocycles. The number of ether oxygens (including phenoxy) is 2. The first kappa shape index (κ1) is 19.8. The van der Waals surface area contributed by atoms with E-state index in [0.29, 0.717) is 19.6 Å². The van der Waals surface area contributed by atoms with Crippen LogP contribution < -0.4 is 14.8 Å². The number of halogens is 3. The van der Waals surface area contributed by atoms with Gasteiger partial charge in [-0.25, -0.2) is 0 Å². The van der Waals surface area contributed by atoms with Crippen molar-refractivity contribution < 1.29 is 27.8 Å². The number of benzene rings is 1. The summed E-state index contributed by atoms with van der Waals surface area (Å²) < 4.78 is 46.6. The number of hydrogen-bond acceptors (Lipinski definition) is 5. The van der Waals surface area contributed by atoms with Gasteiger partial charge in [0.25, 0.3) is 0 Å². The molecule has 2 rings (SSSR count). The number of alkyl halides is 3. The highest BCUT2D eigenvalue weighted by Crippen LogP contribution is 2.29. The molecule has 142 valence electrons. The van der Waals surface area contributed by atoms with Crippen molar-refractivity contribution in [3.8, 4) is 11.5 Å². The lowest BCUT2D eigenvalue weighted by atomic mass is 10.2. The molecule has 8 heteroatoms. The van der Waals surface area contributed by atoms with Gasteiger partial charge in [0.2, 0.25) is 0 Å². The van der Waals surface area contributed by atoms with Crippen molar-refractivity contribution in [2.24, 2.45) is 0 Å². The van der Waals surface area contributed by atoms with Gasteiger partial charge in [0.15, 0.2) is 18.1 Å². The minimum atomic E-state index is -4.39. The van der Waals surface area contributed by atoms with Gasteiger partial charge in [0.1, 0.15) is 0 Å². The van der Waals surface area contributed by atoms with Gasteiger partial charge < -0.3 is 24.8 Å². The van der Waals surface area contributed by atoms with Crippen LogP contribution in [-0.2, 0) is 6.54 Å². The number of likely N-dealkylation sites (tertiary alicyclic amines) is 1. The lowest BCUT2D eigenvalue weighted by Crippen LogP contribution is -2.36. The Morgan fingerprint density at radius 3 is 2.60 bits per heavy atom. The number of nitrogens with zero attached hydrogens (tertiary/aromatic N) is 1. The molecule has 0 aromatic heterocycles. The molecule has 1 atom stereocenters. The first-order chi connectivity index (χ1) is 11.9. The first-order valence-corrected chi connectivity index (χ1v) is 8.35. The van der Waals surface area contributed by atoms with Crippen molar-refractivity contribution in [2.45, 2.75) is 31.7 Å². The summed E-state index contributed by atoms with van der Waals surface area (Å²) in [6.45, 7) is 2.30. The van der Waals surface area contributed by atoms with Crippen LogP contribution in [0.4, 0.5) is 13.2 Å². The van der Waals surface area contributed by atoms with E-state index >= 15 is 0 Å². The van der Waals surface area contributed by atoms with E-state index in [1.165, 1.54) is 26.0 Å². The molecule has 1 heterocycles. The molecular weight excluding hydrogens is 337 g/mol. The summed E-state index contributed by atoms with van der Waals surface area (Å²) in [7, 11) is 1.38. The Labute approximate surface area is 145 Å². The monoisotopic (exact) mass is 362 g/mol. The Kier molecular flexibility index (Phi) is 7.34. The van der Waals surface area contributed by atoms with Gasteiger partial charge in [0.05, 0.1) is 13.2 Å². The summed E-state index contributed by atoms with van der Waals surface area (Å²) in [4.78, 5) is 2.24. The molecule has 0 spiro atoms. The van der Waals surface area contributed by atoms with Crippen LogP contribution in [0.5, 0.6) is 11.5 Å². The first-order valence-electron chi connectivity index (χ1n) is 8.35. The van der Waals surface area contributed by atoms with E-state index < -0.39 is 18.9 Å². The summed E-state index contributed by atoms with van der Waals surface area (Å²) in [5.74, 6) is 0.304. The molecule has 5 nitrogen and oxygen atoms in total. The SMILES string of the molecule is COc1cc(CNCC(O)CN2CCCC2)ccc1OCC(F)(F)F. The Morgan fingerprint density at radius 1 is 1.24 bits per heavy atom. The smallest absolute Gasteiger partial charge is 0.422 e. The lowest BCUT2D eigenvalue weighted by Gasteiger charge is -2.19. The molecule has 0 bridgehead atoms. The van der Waals surface area contributed by atoms with Gasteiger partial charge in [0, 0.05) is 19.6 Å². The highest BCUT2D eigenvalue weighted by molar-refractivity contribution is 5.43. The Bertz CT molecular complexity index is 534. The standard InChI is InChI=1S/C17H25F3N2O3/c1-24-16-8-13(4-5-15(16)25-12-17(18,19)20)9-21-10-14(23)11-22-6-2-3-7-22/h4-5,8,14,21,23H,2-3,6-7,9-12H2,1H3. The third kappa shape index (κ3) is 7.09. The molecule has 1 saturated heterocycles. The topological polar surface area (TPSA) is 54.0 Å². The maximum atomic E-state index is 12.2. The molecule has 0 aliphatic carbocycles. The summed E-state index contributed by atoms with van der Waals surface area (Å²) >= 11 is 0. The van der Waals surface area contributed by atoms with Crippen molar-refractivity contribution in [3.05, 3.63) is 23.8 Å². The second-order valence-electron chi connectivity index (χ2n) is 6.18. The van der Waals surface area contributed by atoms with Gasteiger partial charge in [-0.05, 0) is 43.6 Å². The number of nitrogens with one attached hydrogen (secondary N) is 1. The lowest BCUT2D eigenvalue weighted by molar-refractivity contribution is -0.153. The maximum absolute atomic E-state index is 12.2. The fraction of sp³-hybridized carbons (Fsp3) is 0.647. The molecule has 1 aliphatic heterocycles. The average molecular weight is 362 g/mol. The van der Waals surface area contributed by atoms with Crippen molar-refractivity contribution in [1.82, 2.24) is 10.2 Å². The summed E-state index contributed by atoms with van der Waals surface area (Å²) in [6.07, 6.45) is -2.48. The van der Waals surface area contributed by atoms with Gasteiger partial charge >= 0.3 is 6.18 Å². The minimum Gasteiger partial charge on any atom is -0.493 e. The third-order valence-electron chi connectivity index (χ3n) is 4.00. The van der Waals surface area contributed by atoms with Crippen molar-refractivity contribution in [1.29, 1.82) is 0 Å². The summed E-state index contributed by atoms with van der Waals surface area (Å²) in [5.41, 5.74) is 0.838. The van der Waals surface area contributed by atoms with Gasteiger partial charge in [-0.15, -0.1) is 0 Å². The molecule has 1 fully saturated rings. The number of aliphatic hydroxyl groups excluding tert-OH is 1. The minimum absolute atomic E-state index is 0.0534. The zero-order chi connectivity index (χ0) is 18.3. The van der Waals surface area contributed by atoms with Crippen LogP contribution in [0.25, 0.3) is 0 Å². The molecule has 0 amide bonds. The second kappa shape index (κ2) is 9.26. The van der Waals surface area contributed by atoms with Crippen LogP contribution in [0.3, 0.4) is 0 Å². The van der Waals surface area contributed by atoms with E-state index in [4.69, 9.17) is 9.47 Å². The van der Waals surface area contributed by atoms with E-state index in [9.17, 15) is 18.3 Å². The van der Waals surface area contributed by atoms with Crippen molar-refractivity contribution in [2.75, 3.05) is 39.9 Å². The van der Waals surface area contributed by atoms with E-state index in [0.717, 1.165) is 18.7 Å². The van der Waals surface area contributed by atoms with E-state index in [-0.39, 0.29) is 11.5 Å². The molecule has 0 radical (unpaired) electrons. The Hall–Kier alpha value is -1.51. The normalized spacial score (nSPS) is 16.8. The zero-order valence-corrected chi connectivity index (χ0v) is 14.3. The zero-order valence-electron chi connectivity index (χ0n) is 14.3. The van der Waals surface area contributed by atoms with Crippen LogP contribution in [0.1, 0.15) is 18.4 Å². The Morgan fingerprint density at radius 2 is 1.96 bits per heavy atom.